The van der Waals surface area contributed by atoms with Gasteiger partial charge >= 0.3 is 0 Å². The molecule has 0 saturated carbocycles. The summed E-state index contributed by atoms with van der Waals surface area (Å²) < 4.78 is 39.9. The van der Waals surface area contributed by atoms with E-state index in [4.69, 9.17) is 9.47 Å². The van der Waals surface area contributed by atoms with Gasteiger partial charge in [-0.25, -0.2) is 8.42 Å². The topological polar surface area (TPSA) is 84.9 Å². The predicted molar refractivity (Wildman–Crippen MR) is 144 cm³/mol. The molecule has 3 rings (SSSR count). The van der Waals surface area contributed by atoms with E-state index in [9.17, 15) is 13.2 Å². The highest BCUT2D eigenvalue weighted by atomic mass is 32.2. The number of nitrogens with one attached hydrogen (secondary N) is 1. The highest BCUT2D eigenvalue weighted by molar-refractivity contribution is 7.98. The van der Waals surface area contributed by atoms with E-state index in [0.717, 1.165) is 14.8 Å². The molecule has 192 valence electrons. The van der Waals surface area contributed by atoms with Crippen LogP contribution in [0.5, 0.6) is 11.5 Å². The van der Waals surface area contributed by atoms with Crippen molar-refractivity contribution in [1.82, 2.24) is 5.32 Å². The molecule has 1 N–H and O–H groups in total. The van der Waals surface area contributed by atoms with Crippen molar-refractivity contribution in [2.75, 3.05) is 23.7 Å². The van der Waals surface area contributed by atoms with Crippen LogP contribution in [-0.2, 0) is 21.4 Å². The Bertz CT molecular complexity index is 1260. The van der Waals surface area contributed by atoms with Crippen LogP contribution in [0.4, 0.5) is 5.69 Å². The Hall–Kier alpha value is -3.17. The Balaban J connectivity index is 1.87. The number of amides is 1. The molecule has 0 fully saturated rings. The summed E-state index contributed by atoms with van der Waals surface area (Å²) in [6.07, 6.45) is 1.95. The minimum absolute atomic E-state index is 0.0315. The summed E-state index contributed by atoms with van der Waals surface area (Å²) in [5.41, 5.74) is 1.15. The van der Waals surface area contributed by atoms with Crippen LogP contribution >= 0.6 is 11.8 Å². The molecule has 3 aromatic carbocycles. The summed E-state index contributed by atoms with van der Waals surface area (Å²) in [6, 6.07) is 20.8. The van der Waals surface area contributed by atoms with Gasteiger partial charge in [0.15, 0.2) is 0 Å². The highest BCUT2D eigenvalue weighted by Gasteiger charge is 2.29. The third kappa shape index (κ3) is 7.18. The molecule has 1 amide bonds. The fourth-order valence-electron chi connectivity index (χ4n) is 3.50. The number of thioether (sulfide) groups is 1. The number of nitrogens with zero attached hydrogens (tertiary/aromatic N) is 1. The Morgan fingerprint density at radius 2 is 1.75 bits per heavy atom. The first kappa shape index (κ1) is 27.4. The summed E-state index contributed by atoms with van der Waals surface area (Å²) in [7, 11) is -4.05. The summed E-state index contributed by atoms with van der Waals surface area (Å²) >= 11 is 1.52. The summed E-state index contributed by atoms with van der Waals surface area (Å²) in [5.74, 6) is 0.650. The molecule has 0 unspecified atom stereocenters. The first-order chi connectivity index (χ1) is 17.2. The fourth-order valence-corrected chi connectivity index (χ4v) is 5.34. The van der Waals surface area contributed by atoms with E-state index >= 15 is 0 Å². The number of carbonyl (C=O) groups excluding carboxylic acids is 1. The molecule has 9 heteroatoms. The smallest absolute Gasteiger partial charge is 0.264 e. The fraction of sp³-hybridized carbons (Fsp3) is 0.296. The zero-order valence-corrected chi connectivity index (χ0v) is 22.6. The lowest BCUT2D eigenvalue weighted by Crippen LogP contribution is -2.40. The summed E-state index contributed by atoms with van der Waals surface area (Å²) in [6.45, 7) is 5.89. The molecule has 0 radical (unpaired) electrons. The van der Waals surface area contributed by atoms with Crippen LogP contribution in [0.25, 0.3) is 0 Å². The second-order valence-corrected chi connectivity index (χ2v) is 10.9. The molecular formula is C27H32N2O5S2. The van der Waals surface area contributed by atoms with Gasteiger partial charge in [-0.15, -0.1) is 11.8 Å². The predicted octanol–water partition coefficient (Wildman–Crippen LogP) is 5.11. The van der Waals surface area contributed by atoms with E-state index < -0.39 is 22.5 Å². The molecule has 0 bridgehead atoms. The Morgan fingerprint density at radius 1 is 1.03 bits per heavy atom. The molecule has 0 heterocycles. The van der Waals surface area contributed by atoms with Crippen molar-refractivity contribution >= 4 is 33.4 Å². The van der Waals surface area contributed by atoms with Crippen molar-refractivity contribution in [2.24, 2.45) is 0 Å². The first-order valence-electron chi connectivity index (χ1n) is 11.7. The molecule has 0 spiro atoms. The minimum atomic E-state index is -4.05. The van der Waals surface area contributed by atoms with Crippen LogP contribution in [0.1, 0.15) is 26.3 Å². The standard InChI is InChI=1S/C27H32N2O5S2/c1-5-33-26-12-7-6-11-25(26)29(36(31,32)24-15-13-23(35-4)14-16-24)19-27(30)28-18-21-9-8-10-22(17-21)34-20(2)3/h6-17,20H,5,18-19H2,1-4H3,(H,28,30). The largest absolute Gasteiger partial charge is 0.492 e. The van der Waals surface area contributed by atoms with Crippen LogP contribution in [0.15, 0.2) is 82.6 Å². The number of sulfonamides is 1. The first-order valence-corrected chi connectivity index (χ1v) is 14.3. The maximum absolute atomic E-state index is 13.7. The van der Waals surface area contributed by atoms with Crippen molar-refractivity contribution < 1.29 is 22.7 Å². The molecular weight excluding hydrogens is 496 g/mol. The van der Waals surface area contributed by atoms with Gasteiger partial charge in [0.1, 0.15) is 18.0 Å². The van der Waals surface area contributed by atoms with E-state index in [2.05, 4.69) is 5.32 Å². The number of anilines is 1. The monoisotopic (exact) mass is 528 g/mol. The van der Waals surface area contributed by atoms with Crippen LogP contribution in [0.3, 0.4) is 0 Å². The second-order valence-electron chi connectivity index (χ2n) is 8.18. The van der Waals surface area contributed by atoms with Gasteiger partial charge in [0.05, 0.1) is 23.3 Å². The Labute approximate surface area is 217 Å². The van der Waals surface area contributed by atoms with Gasteiger partial charge in [0.2, 0.25) is 5.91 Å². The quantitative estimate of drug-likeness (QED) is 0.329. The Morgan fingerprint density at radius 3 is 2.42 bits per heavy atom. The third-order valence-electron chi connectivity index (χ3n) is 5.13. The summed E-state index contributed by atoms with van der Waals surface area (Å²) in [5, 5.41) is 2.83. The third-order valence-corrected chi connectivity index (χ3v) is 7.65. The highest BCUT2D eigenvalue weighted by Crippen LogP contribution is 2.33. The zero-order chi connectivity index (χ0) is 26.1. The lowest BCUT2D eigenvalue weighted by atomic mass is 10.2. The van der Waals surface area contributed by atoms with Gasteiger partial charge in [-0.3, -0.25) is 9.10 Å². The summed E-state index contributed by atoms with van der Waals surface area (Å²) in [4.78, 5) is 14.1. The van der Waals surface area contributed by atoms with Crippen LogP contribution < -0.4 is 19.1 Å². The lowest BCUT2D eigenvalue weighted by Gasteiger charge is -2.26. The van der Waals surface area contributed by atoms with Gasteiger partial charge in [-0.1, -0.05) is 24.3 Å². The van der Waals surface area contributed by atoms with E-state index in [1.807, 2.05) is 51.3 Å². The van der Waals surface area contributed by atoms with Crippen molar-refractivity contribution in [2.45, 2.75) is 43.2 Å². The van der Waals surface area contributed by atoms with Crippen LogP contribution in [0.2, 0.25) is 0 Å². The number of ether oxygens (including phenoxy) is 2. The molecule has 0 aliphatic heterocycles. The van der Waals surface area contributed by atoms with Crippen molar-refractivity contribution in [3.63, 3.8) is 0 Å². The van der Waals surface area contributed by atoms with Gasteiger partial charge < -0.3 is 14.8 Å². The van der Waals surface area contributed by atoms with Gasteiger partial charge in [0, 0.05) is 11.4 Å². The molecule has 36 heavy (non-hydrogen) atoms. The van der Waals surface area contributed by atoms with Gasteiger partial charge in [0.25, 0.3) is 10.0 Å². The lowest BCUT2D eigenvalue weighted by molar-refractivity contribution is -0.119. The average molecular weight is 529 g/mol. The van der Waals surface area contributed by atoms with Crippen LogP contribution in [-0.4, -0.2) is 39.8 Å². The van der Waals surface area contributed by atoms with Gasteiger partial charge in [-0.2, -0.15) is 0 Å². The Kier molecular flexibility index (Phi) is 9.66. The maximum Gasteiger partial charge on any atom is 0.264 e. The van der Waals surface area contributed by atoms with E-state index in [0.29, 0.717) is 23.8 Å². The van der Waals surface area contributed by atoms with Crippen molar-refractivity contribution in [3.8, 4) is 11.5 Å². The number of rotatable bonds is 12. The minimum Gasteiger partial charge on any atom is -0.492 e. The number of hydrogen-bond donors (Lipinski definition) is 1. The molecule has 7 nitrogen and oxygen atoms in total. The van der Waals surface area contributed by atoms with Crippen LogP contribution in [0, 0.1) is 0 Å². The number of para-hydroxylation sites is 2. The molecule has 0 aliphatic rings. The van der Waals surface area contributed by atoms with E-state index in [1.165, 1.54) is 11.8 Å². The van der Waals surface area contributed by atoms with Gasteiger partial charge in [-0.05, 0) is 81.1 Å². The van der Waals surface area contributed by atoms with E-state index in [1.54, 1.807) is 48.5 Å². The SMILES string of the molecule is CCOc1ccccc1N(CC(=O)NCc1cccc(OC(C)C)c1)S(=O)(=O)c1ccc(SC)cc1. The maximum atomic E-state index is 13.7. The van der Waals surface area contributed by atoms with E-state index in [-0.39, 0.29) is 17.5 Å². The molecule has 0 atom stereocenters. The molecule has 3 aromatic rings. The average Bonchev–Trinajstić information content (AvgIpc) is 2.86. The van der Waals surface area contributed by atoms with Crippen molar-refractivity contribution in [3.05, 3.63) is 78.4 Å². The zero-order valence-electron chi connectivity index (χ0n) is 20.9. The molecule has 0 aromatic heterocycles. The number of carbonyl (C=O) groups is 1. The number of benzene rings is 3. The second kappa shape index (κ2) is 12.7. The number of hydrogen-bond acceptors (Lipinski definition) is 6. The molecule has 0 aliphatic carbocycles. The normalized spacial score (nSPS) is 11.2. The molecule has 0 saturated heterocycles. The van der Waals surface area contributed by atoms with Crippen molar-refractivity contribution in [1.29, 1.82) is 0 Å².